The van der Waals surface area contributed by atoms with Crippen LogP contribution in [0.4, 0.5) is 5.69 Å². The molecule has 2 rings (SSSR count). The predicted octanol–water partition coefficient (Wildman–Crippen LogP) is 3.16. The zero-order valence-electron chi connectivity index (χ0n) is 16.1. The van der Waals surface area contributed by atoms with Crippen LogP contribution in [0.2, 0.25) is 0 Å². The Kier molecular flexibility index (Phi) is 6.49. The monoisotopic (exact) mass is 390 g/mol. The molecule has 0 aliphatic rings. The minimum Gasteiger partial charge on any atom is -0.491 e. The summed E-state index contributed by atoms with van der Waals surface area (Å²) < 4.78 is 30.8. The van der Waals surface area contributed by atoms with Crippen LogP contribution in [0.5, 0.6) is 5.75 Å². The highest BCUT2D eigenvalue weighted by molar-refractivity contribution is 7.92. The number of benzene rings is 2. The van der Waals surface area contributed by atoms with Crippen molar-refractivity contribution in [3.63, 3.8) is 0 Å². The van der Waals surface area contributed by atoms with Gasteiger partial charge in [0.2, 0.25) is 10.0 Å². The number of hydrogen-bond donors (Lipinski definition) is 2. The van der Waals surface area contributed by atoms with Crippen LogP contribution >= 0.6 is 0 Å². The summed E-state index contributed by atoms with van der Waals surface area (Å²) in [5.41, 5.74) is 1.79. The SMILES string of the molecule is CC(C)(C)c1ccccc1OCCNC(=O)c1cccc(NS(C)(=O)=O)c1. The summed E-state index contributed by atoms with van der Waals surface area (Å²) in [5, 5.41) is 2.78. The molecule has 6 nitrogen and oxygen atoms in total. The van der Waals surface area contributed by atoms with Gasteiger partial charge in [-0.05, 0) is 35.2 Å². The molecule has 146 valence electrons. The minimum atomic E-state index is -3.39. The third-order valence-corrected chi connectivity index (χ3v) is 4.37. The molecule has 0 spiro atoms. The number of hydrogen-bond acceptors (Lipinski definition) is 4. The van der Waals surface area contributed by atoms with Crippen LogP contribution in [-0.4, -0.2) is 33.7 Å². The second-order valence-electron chi connectivity index (χ2n) is 7.31. The number of nitrogens with one attached hydrogen (secondary N) is 2. The zero-order chi connectivity index (χ0) is 20.1. The minimum absolute atomic E-state index is 0.0348. The number of amides is 1. The molecule has 0 fully saturated rings. The van der Waals surface area contributed by atoms with Crippen molar-refractivity contribution >= 4 is 21.6 Å². The molecule has 2 aromatic rings. The molecule has 0 radical (unpaired) electrons. The Morgan fingerprint density at radius 2 is 1.78 bits per heavy atom. The van der Waals surface area contributed by atoms with Crippen molar-refractivity contribution in [1.29, 1.82) is 0 Å². The standard InChI is InChI=1S/C20H26N2O4S/c1-20(2,3)17-10-5-6-11-18(17)26-13-12-21-19(23)15-8-7-9-16(14-15)22-27(4,24)25/h5-11,14,22H,12-13H2,1-4H3,(H,21,23). The molecule has 0 aliphatic heterocycles. The fraction of sp³-hybridized carbons (Fsp3) is 0.350. The zero-order valence-corrected chi connectivity index (χ0v) is 16.9. The fourth-order valence-electron chi connectivity index (χ4n) is 2.58. The van der Waals surface area contributed by atoms with Gasteiger partial charge in [0.05, 0.1) is 12.8 Å². The van der Waals surface area contributed by atoms with E-state index in [9.17, 15) is 13.2 Å². The van der Waals surface area contributed by atoms with E-state index >= 15 is 0 Å². The van der Waals surface area contributed by atoms with Gasteiger partial charge >= 0.3 is 0 Å². The number of rotatable bonds is 7. The Hall–Kier alpha value is -2.54. The molecule has 0 saturated heterocycles. The molecule has 27 heavy (non-hydrogen) atoms. The Balaban J connectivity index is 1.92. The van der Waals surface area contributed by atoms with Gasteiger partial charge in [-0.1, -0.05) is 45.0 Å². The van der Waals surface area contributed by atoms with Crippen LogP contribution in [0.3, 0.4) is 0 Å². The third-order valence-electron chi connectivity index (χ3n) is 3.77. The van der Waals surface area contributed by atoms with E-state index in [1.54, 1.807) is 18.2 Å². The van der Waals surface area contributed by atoms with Crippen LogP contribution in [0.1, 0.15) is 36.7 Å². The number of carbonyl (C=O) groups is 1. The van der Waals surface area contributed by atoms with E-state index in [1.165, 1.54) is 6.07 Å². The molecule has 0 atom stereocenters. The highest BCUT2D eigenvalue weighted by Gasteiger charge is 2.18. The van der Waals surface area contributed by atoms with Crippen molar-refractivity contribution in [1.82, 2.24) is 5.32 Å². The first kappa shape index (κ1) is 20.8. The van der Waals surface area contributed by atoms with Crippen molar-refractivity contribution in [2.45, 2.75) is 26.2 Å². The molecule has 7 heteroatoms. The molecular weight excluding hydrogens is 364 g/mol. The second kappa shape index (κ2) is 8.43. The van der Waals surface area contributed by atoms with Crippen molar-refractivity contribution in [3.05, 3.63) is 59.7 Å². The Bertz CT molecular complexity index is 902. The number of ether oxygens (including phenoxy) is 1. The maximum Gasteiger partial charge on any atom is 0.251 e. The van der Waals surface area contributed by atoms with Gasteiger partial charge in [0.15, 0.2) is 0 Å². The largest absolute Gasteiger partial charge is 0.491 e. The summed E-state index contributed by atoms with van der Waals surface area (Å²) >= 11 is 0. The van der Waals surface area contributed by atoms with Crippen LogP contribution < -0.4 is 14.8 Å². The van der Waals surface area contributed by atoms with Gasteiger partial charge < -0.3 is 10.1 Å². The van der Waals surface area contributed by atoms with E-state index in [1.807, 2.05) is 24.3 Å². The Morgan fingerprint density at radius 1 is 1.07 bits per heavy atom. The molecule has 0 heterocycles. The molecular formula is C20H26N2O4S. The molecule has 1 amide bonds. The van der Waals surface area contributed by atoms with Gasteiger partial charge in [-0.15, -0.1) is 0 Å². The number of anilines is 1. The van der Waals surface area contributed by atoms with E-state index in [4.69, 9.17) is 4.74 Å². The lowest BCUT2D eigenvalue weighted by atomic mass is 9.86. The average Bonchev–Trinajstić information content (AvgIpc) is 2.57. The molecule has 0 saturated carbocycles. The topological polar surface area (TPSA) is 84.5 Å². The van der Waals surface area contributed by atoms with Crippen LogP contribution in [0.15, 0.2) is 48.5 Å². The van der Waals surface area contributed by atoms with Crippen molar-refractivity contribution in [2.24, 2.45) is 0 Å². The highest BCUT2D eigenvalue weighted by Crippen LogP contribution is 2.30. The van der Waals surface area contributed by atoms with Crippen LogP contribution in [-0.2, 0) is 15.4 Å². The van der Waals surface area contributed by atoms with E-state index in [-0.39, 0.29) is 11.3 Å². The van der Waals surface area contributed by atoms with Crippen molar-refractivity contribution < 1.29 is 17.9 Å². The summed E-state index contributed by atoms with van der Waals surface area (Å²) in [6, 6.07) is 14.2. The highest BCUT2D eigenvalue weighted by atomic mass is 32.2. The van der Waals surface area contributed by atoms with Gasteiger partial charge in [-0.2, -0.15) is 0 Å². The third kappa shape index (κ3) is 6.60. The van der Waals surface area contributed by atoms with E-state index < -0.39 is 10.0 Å². The second-order valence-corrected chi connectivity index (χ2v) is 9.05. The summed E-state index contributed by atoms with van der Waals surface area (Å²) in [7, 11) is -3.39. The van der Waals surface area contributed by atoms with Crippen molar-refractivity contribution in [2.75, 3.05) is 24.1 Å². The van der Waals surface area contributed by atoms with Gasteiger partial charge in [0.1, 0.15) is 12.4 Å². The van der Waals surface area contributed by atoms with Crippen LogP contribution in [0, 0.1) is 0 Å². The number of sulfonamides is 1. The smallest absolute Gasteiger partial charge is 0.251 e. The fourth-order valence-corrected chi connectivity index (χ4v) is 3.13. The summed E-state index contributed by atoms with van der Waals surface area (Å²) in [6.07, 6.45) is 1.06. The van der Waals surface area contributed by atoms with Gasteiger partial charge in [-0.3, -0.25) is 9.52 Å². The molecule has 0 bridgehead atoms. The molecule has 0 aromatic heterocycles. The lowest BCUT2D eigenvalue weighted by Gasteiger charge is -2.22. The van der Waals surface area contributed by atoms with E-state index in [0.717, 1.165) is 17.6 Å². The first-order valence-electron chi connectivity index (χ1n) is 8.64. The van der Waals surface area contributed by atoms with Gasteiger partial charge in [0.25, 0.3) is 5.91 Å². The lowest BCUT2D eigenvalue weighted by Crippen LogP contribution is -2.28. The summed E-state index contributed by atoms with van der Waals surface area (Å²) in [4.78, 5) is 12.3. The Morgan fingerprint density at radius 3 is 2.44 bits per heavy atom. The quantitative estimate of drug-likeness (QED) is 0.711. The van der Waals surface area contributed by atoms with E-state index in [2.05, 4.69) is 30.8 Å². The van der Waals surface area contributed by atoms with Gasteiger partial charge in [-0.25, -0.2) is 8.42 Å². The molecule has 2 N–H and O–H groups in total. The van der Waals surface area contributed by atoms with Crippen LogP contribution in [0.25, 0.3) is 0 Å². The molecule has 0 aliphatic carbocycles. The Labute approximate surface area is 161 Å². The first-order chi connectivity index (χ1) is 12.6. The molecule has 2 aromatic carbocycles. The normalized spacial score (nSPS) is 11.7. The number of carbonyl (C=O) groups excluding carboxylic acids is 1. The predicted molar refractivity (Wildman–Crippen MR) is 108 cm³/mol. The van der Waals surface area contributed by atoms with Gasteiger partial charge in [0, 0.05) is 11.3 Å². The van der Waals surface area contributed by atoms with Crippen molar-refractivity contribution in [3.8, 4) is 5.75 Å². The maximum absolute atomic E-state index is 12.3. The summed E-state index contributed by atoms with van der Waals surface area (Å²) in [5.74, 6) is 0.512. The van der Waals surface area contributed by atoms with E-state index in [0.29, 0.717) is 24.4 Å². The molecule has 0 unspecified atom stereocenters. The lowest BCUT2D eigenvalue weighted by molar-refractivity contribution is 0.0947. The first-order valence-corrected chi connectivity index (χ1v) is 10.5. The average molecular weight is 391 g/mol. The number of para-hydroxylation sites is 1. The maximum atomic E-state index is 12.3. The summed E-state index contributed by atoms with van der Waals surface area (Å²) in [6.45, 7) is 7.03.